The molecule has 5 heteroatoms. The lowest BCUT2D eigenvalue weighted by atomic mass is 10.1. The Morgan fingerprint density at radius 1 is 0.826 bits per heavy atom. The van der Waals surface area contributed by atoms with Crippen molar-refractivity contribution in [2.75, 3.05) is 45.9 Å². The zero-order valence-electron chi connectivity index (χ0n) is 15.6. The fourth-order valence-corrected chi connectivity index (χ4v) is 2.77. The highest BCUT2D eigenvalue weighted by Crippen LogP contribution is 2.08. The summed E-state index contributed by atoms with van der Waals surface area (Å²) in [6, 6.07) is 0. The maximum absolute atomic E-state index is 10.8. The number of piperazine rings is 1. The van der Waals surface area contributed by atoms with Gasteiger partial charge in [0.1, 0.15) is 5.78 Å². The topological polar surface area (TPSA) is 43.8 Å². The Kier molecular flexibility index (Phi) is 19.9. The normalized spacial score (nSPS) is 15.5. The van der Waals surface area contributed by atoms with Crippen LogP contribution in [0.1, 0.15) is 65.7 Å². The number of ketones is 1. The molecule has 140 valence electrons. The molecule has 0 spiro atoms. The summed E-state index contributed by atoms with van der Waals surface area (Å²) < 4.78 is 0. The fraction of sp³-hybridized carbons (Fsp3) is 0.944. The van der Waals surface area contributed by atoms with E-state index in [-0.39, 0.29) is 13.5 Å². The van der Waals surface area contributed by atoms with Gasteiger partial charge in [-0.2, -0.15) is 13.5 Å². The van der Waals surface area contributed by atoms with E-state index < -0.39 is 0 Å². The average Bonchev–Trinajstić information content (AvgIpc) is 2.54. The van der Waals surface area contributed by atoms with Crippen LogP contribution in [-0.2, 0) is 4.79 Å². The van der Waals surface area contributed by atoms with Crippen molar-refractivity contribution in [3.63, 3.8) is 0 Å². The van der Waals surface area contributed by atoms with Gasteiger partial charge in [0.2, 0.25) is 0 Å². The van der Waals surface area contributed by atoms with Gasteiger partial charge in [-0.15, -0.1) is 0 Å². The largest absolute Gasteiger partial charge is 0.396 e. The van der Waals surface area contributed by atoms with Crippen LogP contribution < -0.4 is 0 Å². The van der Waals surface area contributed by atoms with Gasteiger partial charge >= 0.3 is 0 Å². The van der Waals surface area contributed by atoms with Crippen molar-refractivity contribution in [1.29, 1.82) is 0 Å². The monoisotopic (exact) mass is 348 g/mol. The summed E-state index contributed by atoms with van der Waals surface area (Å²) in [5, 5.41) is 8.83. The third-order valence-electron chi connectivity index (χ3n) is 4.10. The van der Waals surface area contributed by atoms with Crippen LogP contribution in [0.15, 0.2) is 0 Å². The maximum atomic E-state index is 10.8. The van der Waals surface area contributed by atoms with Gasteiger partial charge < -0.3 is 19.7 Å². The Hall–Kier alpha value is -0.100. The molecular formula is C18H40N2O2S. The van der Waals surface area contributed by atoms with Crippen LogP contribution in [0.4, 0.5) is 0 Å². The van der Waals surface area contributed by atoms with Crippen molar-refractivity contribution < 1.29 is 9.90 Å². The van der Waals surface area contributed by atoms with Crippen LogP contribution >= 0.6 is 13.5 Å². The molecule has 0 aromatic rings. The van der Waals surface area contributed by atoms with Crippen LogP contribution in [0.3, 0.4) is 0 Å². The Morgan fingerprint density at radius 3 is 1.74 bits per heavy atom. The number of rotatable bonds is 11. The zero-order valence-corrected chi connectivity index (χ0v) is 16.6. The van der Waals surface area contributed by atoms with Gasteiger partial charge in [0, 0.05) is 45.8 Å². The van der Waals surface area contributed by atoms with Crippen molar-refractivity contribution in [3.8, 4) is 0 Å². The summed E-state index contributed by atoms with van der Waals surface area (Å²) >= 11 is 0. The molecule has 0 bridgehead atoms. The smallest absolute Gasteiger partial charge is 0.129 e. The first kappa shape index (κ1) is 25.1. The lowest BCUT2D eigenvalue weighted by molar-refractivity contribution is -0.117. The maximum Gasteiger partial charge on any atom is 0.129 e. The Labute approximate surface area is 151 Å². The summed E-state index contributed by atoms with van der Waals surface area (Å²) in [5.41, 5.74) is 0. The van der Waals surface area contributed by atoms with E-state index in [0.29, 0.717) is 12.4 Å². The summed E-state index contributed by atoms with van der Waals surface area (Å²) in [7, 11) is 0. The highest BCUT2D eigenvalue weighted by Gasteiger charge is 2.15. The molecule has 1 rings (SSSR count). The molecule has 23 heavy (non-hydrogen) atoms. The quantitative estimate of drug-likeness (QED) is 0.583. The van der Waals surface area contributed by atoms with Gasteiger partial charge in [-0.25, -0.2) is 0 Å². The summed E-state index contributed by atoms with van der Waals surface area (Å²) in [6.07, 6.45) is 7.78. The highest BCUT2D eigenvalue weighted by atomic mass is 32.1. The lowest BCUT2D eigenvalue weighted by Crippen LogP contribution is -2.46. The van der Waals surface area contributed by atoms with Gasteiger partial charge in [0.05, 0.1) is 0 Å². The first-order valence-corrected chi connectivity index (χ1v) is 9.27. The molecule has 1 aliphatic rings. The van der Waals surface area contributed by atoms with E-state index >= 15 is 0 Å². The number of carbonyl (C=O) groups excluding carboxylic acids is 1. The average molecular weight is 349 g/mol. The molecule has 1 fully saturated rings. The predicted molar refractivity (Wildman–Crippen MR) is 105 cm³/mol. The molecule has 0 atom stereocenters. The van der Waals surface area contributed by atoms with Gasteiger partial charge in [0.25, 0.3) is 0 Å². The van der Waals surface area contributed by atoms with Crippen molar-refractivity contribution in [2.45, 2.75) is 65.7 Å². The molecule has 0 aliphatic carbocycles. The number of unbranched alkanes of at least 4 members (excludes halogenated alkanes) is 4. The molecule has 0 radical (unpaired) electrons. The van der Waals surface area contributed by atoms with Crippen LogP contribution in [0.5, 0.6) is 0 Å². The summed E-state index contributed by atoms with van der Waals surface area (Å²) in [6.45, 7) is 12.9. The zero-order chi connectivity index (χ0) is 16.6. The molecule has 4 nitrogen and oxygen atoms in total. The molecule has 1 aliphatic heterocycles. The van der Waals surface area contributed by atoms with E-state index in [1.165, 1.54) is 45.3 Å². The van der Waals surface area contributed by atoms with E-state index in [0.717, 1.165) is 38.9 Å². The Balaban J connectivity index is 0. The van der Waals surface area contributed by atoms with Crippen LogP contribution in [0, 0.1) is 0 Å². The lowest BCUT2D eigenvalue weighted by Gasteiger charge is -2.34. The Morgan fingerprint density at radius 2 is 1.26 bits per heavy atom. The van der Waals surface area contributed by atoms with Crippen LogP contribution in [0.2, 0.25) is 0 Å². The molecule has 1 saturated heterocycles. The third-order valence-corrected chi connectivity index (χ3v) is 4.10. The molecule has 0 amide bonds. The number of aliphatic hydroxyl groups is 1. The minimum atomic E-state index is 0. The number of aliphatic hydroxyl groups excluding tert-OH is 1. The highest BCUT2D eigenvalue weighted by molar-refractivity contribution is 7.59. The van der Waals surface area contributed by atoms with E-state index in [9.17, 15) is 4.79 Å². The van der Waals surface area contributed by atoms with Crippen LogP contribution in [0.25, 0.3) is 0 Å². The number of hydrogen-bond donors (Lipinski definition) is 1. The van der Waals surface area contributed by atoms with Crippen molar-refractivity contribution >= 4 is 19.3 Å². The first-order valence-electron chi connectivity index (χ1n) is 9.27. The van der Waals surface area contributed by atoms with E-state index in [2.05, 4.69) is 9.80 Å². The second kappa shape index (κ2) is 18.2. The molecule has 0 aromatic heterocycles. The number of Topliss-reactive ketones (excluding diaryl/α,β-unsaturated/α-hetero) is 1. The third kappa shape index (κ3) is 15.2. The summed E-state index contributed by atoms with van der Waals surface area (Å²) in [4.78, 5) is 15.8. The Bertz CT molecular complexity index is 257. The predicted octanol–water partition coefficient (Wildman–Crippen LogP) is 3.06. The van der Waals surface area contributed by atoms with E-state index in [1.54, 1.807) is 6.92 Å². The van der Waals surface area contributed by atoms with Gasteiger partial charge in [0.15, 0.2) is 0 Å². The van der Waals surface area contributed by atoms with Gasteiger partial charge in [-0.1, -0.05) is 33.1 Å². The molecular weight excluding hydrogens is 308 g/mol. The van der Waals surface area contributed by atoms with Crippen LogP contribution in [-0.4, -0.2) is 66.6 Å². The SMILES string of the molecule is CC.CC(=O)CCCCCCCN1CCN(CCCO)CC1.S. The molecule has 0 aromatic carbocycles. The van der Waals surface area contributed by atoms with Crippen molar-refractivity contribution in [1.82, 2.24) is 9.80 Å². The molecule has 1 N–H and O–H groups in total. The number of carbonyl (C=O) groups is 1. The van der Waals surface area contributed by atoms with Crippen molar-refractivity contribution in [3.05, 3.63) is 0 Å². The minimum absolute atomic E-state index is 0. The number of hydrogen-bond acceptors (Lipinski definition) is 4. The second-order valence-corrected chi connectivity index (χ2v) is 5.98. The van der Waals surface area contributed by atoms with Gasteiger partial charge in [-0.3, -0.25) is 0 Å². The van der Waals surface area contributed by atoms with Crippen molar-refractivity contribution in [2.24, 2.45) is 0 Å². The second-order valence-electron chi connectivity index (χ2n) is 5.98. The van der Waals surface area contributed by atoms with E-state index in [1.807, 2.05) is 13.8 Å². The number of nitrogens with zero attached hydrogens (tertiary/aromatic N) is 2. The fourth-order valence-electron chi connectivity index (χ4n) is 2.77. The first-order chi connectivity index (χ1) is 10.7. The van der Waals surface area contributed by atoms with Gasteiger partial charge in [-0.05, 0) is 32.7 Å². The minimum Gasteiger partial charge on any atom is -0.396 e. The summed E-state index contributed by atoms with van der Waals surface area (Å²) in [5.74, 6) is 0.323. The molecule has 0 unspecified atom stereocenters. The molecule has 1 heterocycles. The standard InChI is InChI=1S/C16H32N2O2.C2H6.H2S/c1-16(20)8-5-3-2-4-6-9-17-11-13-18(14-12-17)10-7-15-19;1-2;/h19H,2-15H2,1H3;1-2H3;1H2. The van der Waals surface area contributed by atoms with E-state index in [4.69, 9.17) is 5.11 Å². The molecule has 0 saturated carbocycles.